The van der Waals surface area contributed by atoms with Gasteiger partial charge in [-0.05, 0) is 36.5 Å². The third-order valence-corrected chi connectivity index (χ3v) is 3.38. The first kappa shape index (κ1) is 13.5. The van der Waals surface area contributed by atoms with Crippen molar-refractivity contribution in [3.8, 4) is 0 Å². The number of carbonyl (C=O) groups excluding carboxylic acids is 1. The molecule has 3 rings (SSSR count). The van der Waals surface area contributed by atoms with Crippen molar-refractivity contribution in [2.24, 2.45) is 0 Å². The van der Waals surface area contributed by atoms with Crippen LogP contribution in [0.3, 0.4) is 0 Å². The van der Waals surface area contributed by atoms with Gasteiger partial charge in [0.25, 0.3) is 5.91 Å². The Morgan fingerprint density at radius 1 is 1.29 bits per heavy atom. The lowest BCUT2D eigenvalue weighted by atomic mass is 10.2. The largest absolute Gasteiger partial charge is 0.467 e. The summed E-state index contributed by atoms with van der Waals surface area (Å²) >= 11 is 5.13. The number of furan rings is 1. The summed E-state index contributed by atoms with van der Waals surface area (Å²) in [5.74, 6) is -0.0747. The molecule has 2 heterocycles. The van der Waals surface area contributed by atoms with Crippen molar-refractivity contribution in [1.82, 2.24) is 10.2 Å². The predicted octanol–water partition coefficient (Wildman–Crippen LogP) is 2.68. The molecule has 1 aromatic carbocycles. The number of nitrogens with zero attached hydrogens (tertiary/aromatic N) is 1. The standard InChI is InChI=1S/C15H11FN2O2S/c16-12-6-2-1-4-10(12)8-13-14(19)18(15(21)17-13)9-11-5-3-7-20-11/h1-8H,9H2,(H,17,21)/b13-8+. The van der Waals surface area contributed by atoms with Crippen LogP contribution in [-0.4, -0.2) is 15.9 Å². The molecule has 2 aromatic rings. The smallest absolute Gasteiger partial charge is 0.276 e. The van der Waals surface area contributed by atoms with Crippen molar-refractivity contribution in [3.63, 3.8) is 0 Å². The van der Waals surface area contributed by atoms with E-state index < -0.39 is 5.82 Å². The van der Waals surface area contributed by atoms with Gasteiger partial charge < -0.3 is 9.73 Å². The first-order chi connectivity index (χ1) is 10.1. The highest BCUT2D eigenvalue weighted by atomic mass is 32.1. The summed E-state index contributed by atoms with van der Waals surface area (Å²) < 4.78 is 18.8. The average Bonchev–Trinajstić information content (AvgIpc) is 3.06. The molecule has 0 atom stereocenters. The van der Waals surface area contributed by atoms with Gasteiger partial charge in [-0.1, -0.05) is 18.2 Å². The van der Waals surface area contributed by atoms with Crippen LogP contribution in [-0.2, 0) is 11.3 Å². The minimum absolute atomic E-state index is 0.242. The summed E-state index contributed by atoms with van der Waals surface area (Å²) in [6.07, 6.45) is 2.98. The van der Waals surface area contributed by atoms with Crippen molar-refractivity contribution < 1.29 is 13.6 Å². The lowest BCUT2D eigenvalue weighted by molar-refractivity contribution is -0.122. The number of nitrogens with one attached hydrogen (secondary N) is 1. The maximum Gasteiger partial charge on any atom is 0.276 e. The minimum atomic E-state index is -0.394. The van der Waals surface area contributed by atoms with Crippen molar-refractivity contribution in [2.75, 3.05) is 0 Å². The molecule has 0 saturated carbocycles. The van der Waals surface area contributed by atoms with E-state index in [1.165, 1.54) is 23.3 Å². The normalized spacial score (nSPS) is 16.6. The molecule has 4 nitrogen and oxygen atoms in total. The topological polar surface area (TPSA) is 45.5 Å². The van der Waals surface area contributed by atoms with E-state index in [0.29, 0.717) is 11.3 Å². The van der Waals surface area contributed by atoms with E-state index in [1.54, 1.807) is 30.3 Å². The average molecular weight is 302 g/mol. The zero-order valence-electron chi connectivity index (χ0n) is 10.9. The lowest BCUT2D eigenvalue weighted by Crippen LogP contribution is -2.29. The molecule has 6 heteroatoms. The van der Waals surface area contributed by atoms with Gasteiger partial charge in [-0.25, -0.2) is 4.39 Å². The Balaban J connectivity index is 1.85. The summed E-state index contributed by atoms with van der Waals surface area (Å²) in [4.78, 5) is 13.7. The first-order valence-corrected chi connectivity index (χ1v) is 6.67. The van der Waals surface area contributed by atoms with Crippen LogP contribution < -0.4 is 5.32 Å². The molecule has 1 aliphatic rings. The zero-order valence-corrected chi connectivity index (χ0v) is 11.7. The fourth-order valence-corrected chi connectivity index (χ4v) is 2.28. The van der Waals surface area contributed by atoms with Gasteiger partial charge in [0.2, 0.25) is 0 Å². The van der Waals surface area contributed by atoms with Gasteiger partial charge in [0.15, 0.2) is 5.11 Å². The van der Waals surface area contributed by atoms with Crippen molar-refractivity contribution in [1.29, 1.82) is 0 Å². The number of halogens is 1. The van der Waals surface area contributed by atoms with Crippen LogP contribution in [0.4, 0.5) is 4.39 Å². The molecule has 0 unspecified atom stereocenters. The Labute approximate surface area is 125 Å². The van der Waals surface area contributed by atoms with Crippen LogP contribution in [0.1, 0.15) is 11.3 Å². The highest BCUT2D eigenvalue weighted by Crippen LogP contribution is 2.18. The molecule has 1 N–H and O–H groups in total. The summed E-state index contributed by atoms with van der Waals surface area (Å²) in [7, 11) is 0. The summed E-state index contributed by atoms with van der Waals surface area (Å²) in [6.45, 7) is 0.242. The Kier molecular flexibility index (Phi) is 3.53. The molecule has 1 fully saturated rings. The summed E-state index contributed by atoms with van der Waals surface area (Å²) in [5.41, 5.74) is 0.577. The van der Waals surface area contributed by atoms with Gasteiger partial charge in [-0.3, -0.25) is 9.69 Å². The third kappa shape index (κ3) is 2.71. The molecular formula is C15H11FN2O2S. The van der Waals surface area contributed by atoms with Gasteiger partial charge in [0, 0.05) is 5.56 Å². The molecule has 1 aliphatic heterocycles. The van der Waals surface area contributed by atoms with E-state index in [0.717, 1.165) is 0 Å². The van der Waals surface area contributed by atoms with Crippen LogP contribution in [0, 0.1) is 5.82 Å². The Morgan fingerprint density at radius 3 is 2.81 bits per heavy atom. The number of amides is 1. The van der Waals surface area contributed by atoms with Crippen LogP contribution in [0.15, 0.2) is 52.8 Å². The molecule has 1 saturated heterocycles. The van der Waals surface area contributed by atoms with Crippen molar-refractivity contribution in [2.45, 2.75) is 6.54 Å². The maximum atomic E-state index is 13.6. The Bertz CT molecular complexity index is 725. The van der Waals surface area contributed by atoms with Crippen LogP contribution in [0.25, 0.3) is 6.08 Å². The molecule has 1 aromatic heterocycles. The number of benzene rings is 1. The van der Waals surface area contributed by atoms with Gasteiger partial charge in [-0.2, -0.15) is 0 Å². The number of hydrogen-bond donors (Lipinski definition) is 1. The van der Waals surface area contributed by atoms with Crippen LogP contribution >= 0.6 is 12.2 Å². The molecule has 21 heavy (non-hydrogen) atoms. The number of thiocarbonyl (C=S) groups is 1. The fraction of sp³-hybridized carbons (Fsp3) is 0.0667. The van der Waals surface area contributed by atoms with Gasteiger partial charge in [0.1, 0.15) is 17.3 Å². The van der Waals surface area contributed by atoms with E-state index in [1.807, 2.05) is 0 Å². The van der Waals surface area contributed by atoms with Gasteiger partial charge in [0.05, 0.1) is 12.8 Å². The SMILES string of the molecule is O=C1/C(=C\c2ccccc2F)NC(=S)N1Cc1ccco1. The van der Waals surface area contributed by atoms with E-state index in [9.17, 15) is 9.18 Å². The second-order valence-electron chi connectivity index (χ2n) is 4.48. The lowest BCUT2D eigenvalue weighted by Gasteiger charge is -2.11. The molecule has 0 radical (unpaired) electrons. The molecule has 1 amide bonds. The summed E-state index contributed by atoms with van der Waals surface area (Å²) in [6, 6.07) is 9.72. The van der Waals surface area contributed by atoms with Gasteiger partial charge in [-0.15, -0.1) is 0 Å². The highest BCUT2D eigenvalue weighted by Gasteiger charge is 2.31. The quantitative estimate of drug-likeness (QED) is 0.699. The highest BCUT2D eigenvalue weighted by molar-refractivity contribution is 7.80. The monoisotopic (exact) mass is 302 g/mol. The third-order valence-electron chi connectivity index (χ3n) is 3.06. The molecule has 0 spiro atoms. The van der Waals surface area contributed by atoms with E-state index in [2.05, 4.69) is 5.32 Å². The maximum absolute atomic E-state index is 13.6. The molecular weight excluding hydrogens is 291 g/mol. The Morgan fingerprint density at radius 2 is 2.10 bits per heavy atom. The molecule has 106 valence electrons. The molecule has 0 bridgehead atoms. The van der Waals surface area contributed by atoms with Crippen LogP contribution in [0.5, 0.6) is 0 Å². The fourth-order valence-electron chi connectivity index (χ4n) is 2.02. The predicted molar refractivity (Wildman–Crippen MR) is 79.4 cm³/mol. The number of rotatable bonds is 3. The van der Waals surface area contributed by atoms with Gasteiger partial charge >= 0.3 is 0 Å². The molecule has 0 aliphatic carbocycles. The van der Waals surface area contributed by atoms with Crippen molar-refractivity contribution >= 4 is 29.3 Å². The summed E-state index contributed by atoms with van der Waals surface area (Å²) in [5, 5.41) is 3.08. The van der Waals surface area contributed by atoms with E-state index >= 15 is 0 Å². The second kappa shape index (κ2) is 5.49. The first-order valence-electron chi connectivity index (χ1n) is 6.26. The second-order valence-corrected chi connectivity index (χ2v) is 4.87. The van der Waals surface area contributed by atoms with E-state index in [-0.39, 0.29) is 23.3 Å². The minimum Gasteiger partial charge on any atom is -0.467 e. The number of carbonyl (C=O) groups is 1. The Hall–Kier alpha value is -2.47. The van der Waals surface area contributed by atoms with Crippen LogP contribution in [0.2, 0.25) is 0 Å². The van der Waals surface area contributed by atoms with Crippen molar-refractivity contribution in [3.05, 3.63) is 65.5 Å². The number of hydrogen-bond acceptors (Lipinski definition) is 3. The zero-order chi connectivity index (χ0) is 14.8. The van der Waals surface area contributed by atoms with E-state index in [4.69, 9.17) is 16.6 Å².